The Labute approximate surface area is 279 Å². The number of aromatic hydroxyl groups is 1. The fourth-order valence-electron chi connectivity index (χ4n) is 4.80. The Morgan fingerprint density at radius 3 is 2.40 bits per heavy atom. The van der Waals surface area contributed by atoms with Gasteiger partial charge in [0.2, 0.25) is 10.3 Å². The van der Waals surface area contributed by atoms with Gasteiger partial charge in [-0.1, -0.05) is 60.7 Å². The quantitative estimate of drug-likeness (QED) is 0.159. The van der Waals surface area contributed by atoms with Crippen LogP contribution in [0.2, 0.25) is 0 Å². The maximum atomic E-state index is 12.3. The molecule has 0 spiro atoms. The van der Waals surface area contributed by atoms with Crippen molar-refractivity contribution in [2.75, 3.05) is 12.3 Å². The number of amides is 1. The number of ether oxygens (including phenoxy) is 1. The topological polar surface area (TPSA) is 214 Å². The van der Waals surface area contributed by atoms with Gasteiger partial charge in [-0.05, 0) is 29.3 Å². The largest absolute Gasteiger partial charge is 1.00 e. The van der Waals surface area contributed by atoms with Crippen molar-refractivity contribution in [1.82, 2.24) is 19.5 Å². The Kier molecular flexibility index (Phi) is 9.52. The van der Waals surface area contributed by atoms with E-state index in [2.05, 4.69) is 19.7 Å². The molecule has 4 atom stereocenters. The fraction of sp³-hybridized carbons (Fsp3) is 0.172. The standard InChI is InChI=1S/C29H26N6O8S.Na/c30-25-22-27(33-26(32-25)18-10-6-9-17(13-18)16-7-2-1-3-8-16)35(15-31-22)29-24(38)23(37)21(43-29)14-42-44(40,41)34-28(39)19-11-4-5-12-20(19)36;/h1-13,15,21,23-24,29,37-38H,14H2,(H4,30,32,33,34,36,39);/q;+1/p-1/t21-,23-,24-,29-;/m1./s1. The molecule has 14 nitrogen and oxygen atoms in total. The zero-order valence-electron chi connectivity index (χ0n) is 23.7. The fourth-order valence-corrected chi connectivity index (χ4v) is 5.46. The first-order valence-electron chi connectivity index (χ1n) is 13.2. The molecule has 0 unspecified atom stereocenters. The Morgan fingerprint density at radius 2 is 1.64 bits per heavy atom. The van der Waals surface area contributed by atoms with Gasteiger partial charge in [0, 0.05) is 11.1 Å². The number of phenolic OH excluding ortho intramolecular Hbond substituents is 1. The molecular weight excluding hydrogens is 615 g/mol. The third kappa shape index (κ3) is 6.70. The van der Waals surface area contributed by atoms with E-state index in [1.165, 1.54) is 35.2 Å². The van der Waals surface area contributed by atoms with Crippen molar-refractivity contribution < 1.29 is 67.0 Å². The molecule has 5 N–H and O–H groups in total. The van der Waals surface area contributed by atoms with Gasteiger partial charge in [-0.15, -0.1) is 0 Å². The van der Waals surface area contributed by atoms with Crippen LogP contribution in [0.3, 0.4) is 0 Å². The van der Waals surface area contributed by atoms with Gasteiger partial charge < -0.3 is 35.3 Å². The Bertz CT molecular complexity index is 1960. The number of aliphatic hydroxyl groups excluding tert-OH is 2. The van der Waals surface area contributed by atoms with Gasteiger partial charge in [-0.25, -0.2) is 23.4 Å². The summed E-state index contributed by atoms with van der Waals surface area (Å²) in [6, 6.07) is 22.5. The summed E-state index contributed by atoms with van der Waals surface area (Å²) in [5.41, 5.74) is 8.89. The predicted octanol–water partition coefficient (Wildman–Crippen LogP) is -0.453. The molecule has 1 saturated heterocycles. The molecule has 5 aromatic rings. The van der Waals surface area contributed by atoms with Crippen LogP contribution in [0.25, 0.3) is 38.4 Å². The second-order valence-electron chi connectivity index (χ2n) is 9.88. The number of rotatable bonds is 8. The molecule has 0 aliphatic carbocycles. The number of hydrogen-bond acceptors (Lipinski definition) is 12. The molecule has 0 bridgehead atoms. The molecule has 1 amide bonds. The Balaban J connectivity index is 0.00000400. The molecule has 16 heteroatoms. The molecule has 1 aliphatic rings. The average molecular weight is 641 g/mol. The number of nitrogen functional groups attached to an aromatic ring is 1. The molecule has 45 heavy (non-hydrogen) atoms. The van der Waals surface area contributed by atoms with Crippen LogP contribution >= 0.6 is 0 Å². The average Bonchev–Trinajstić information content (AvgIpc) is 3.57. The van der Waals surface area contributed by atoms with Gasteiger partial charge in [-0.3, -0.25) is 8.75 Å². The molecule has 226 valence electrons. The van der Waals surface area contributed by atoms with Crippen molar-refractivity contribution in [2.45, 2.75) is 24.5 Å². The van der Waals surface area contributed by atoms with Crippen LogP contribution in [0.4, 0.5) is 5.82 Å². The van der Waals surface area contributed by atoms with Gasteiger partial charge in [0.05, 0.1) is 18.8 Å². The van der Waals surface area contributed by atoms with Crippen molar-refractivity contribution >= 4 is 33.2 Å². The van der Waals surface area contributed by atoms with Gasteiger partial charge in [0.25, 0.3) is 0 Å². The number of carbonyl (C=O) groups is 1. The zero-order valence-corrected chi connectivity index (χ0v) is 26.5. The van der Waals surface area contributed by atoms with Crippen LogP contribution in [0.15, 0.2) is 85.2 Å². The molecular formula is C29H25N6NaO8S. The normalized spacial score (nSPS) is 19.7. The van der Waals surface area contributed by atoms with E-state index in [-0.39, 0.29) is 57.9 Å². The van der Waals surface area contributed by atoms with E-state index in [0.717, 1.165) is 11.1 Å². The zero-order chi connectivity index (χ0) is 31.0. The number of imidazole rings is 1. The summed E-state index contributed by atoms with van der Waals surface area (Å²) in [7, 11) is -4.81. The number of nitrogens with two attached hydrogens (primary N) is 1. The number of nitrogens with zero attached hydrogens (tertiary/aromatic N) is 5. The van der Waals surface area contributed by atoms with Crippen LogP contribution in [0.1, 0.15) is 16.6 Å². The first kappa shape index (κ1) is 32.5. The molecule has 0 saturated carbocycles. The van der Waals surface area contributed by atoms with Crippen LogP contribution in [0, 0.1) is 0 Å². The number of benzene rings is 3. The number of hydrogen-bond donors (Lipinski definition) is 4. The van der Waals surface area contributed by atoms with Gasteiger partial charge in [0.1, 0.15) is 29.6 Å². The first-order chi connectivity index (χ1) is 21.1. The Morgan fingerprint density at radius 1 is 0.956 bits per heavy atom. The van der Waals surface area contributed by atoms with E-state index in [4.69, 9.17) is 14.7 Å². The molecule has 3 heterocycles. The summed E-state index contributed by atoms with van der Waals surface area (Å²) in [4.78, 5) is 25.5. The number of fused-ring (bicyclic) bond motifs is 1. The summed E-state index contributed by atoms with van der Waals surface area (Å²) >= 11 is 0. The predicted molar refractivity (Wildman–Crippen MR) is 157 cm³/mol. The maximum Gasteiger partial charge on any atom is 1.00 e. The van der Waals surface area contributed by atoms with Crippen LogP contribution in [0.5, 0.6) is 5.75 Å². The van der Waals surface area contributed by atoms with Gasteiger partial charge in [-0.2, -0.15) is 0 Å². The maximum absolute atomic E-state index is 12.3. The van der Waals surface area contributed by atoms with Crippen molar-refractivity contribution in [3.05, 3.63) is 95.5 Å². The summed E-state index contributed by atoms with van der Waals surface area (Å²) in [5.74, 6) is -1.35. The van der Waals surface area contributed by atoms with Gasteiger partial charge >= 0.3 is 29.6 Å². The first-order valence-corrected chi connectivity index (χ1v) is 14.6. The number of anilines is 1. The Hall–Kier alpha value is -3.93. The monoisotopic (exact) mass is 640 g/mol. The van der Waals surface area contributed by atoms with E-state index in [1.54, 1.807) is 0 Å². The SMILES string of the molecule is Nc1nc(-c2cccc(-c3ccccc3)c2)nc2c1ncn2[C@@H]1O[C@H](COS(=O)(=O)[N-]C(=O)c2ccccc2O)[C@@H](O)[C@H]1O.[Na+]. The smallest absolute Gasteiger partial charge is 0.518 e. The summed E-state index contributed by atoms with van der Waals surface area (Å²) in [5, 5.41) is 31.2. The van der Waals surface area contributed by atoms with Crippen molar-refractivity contribution in [1.29, 1.82) is 0 Å². The van der Waals surface area contributed by atoms with Gasteiger partial charge in [0.15, 0.2) is 23.5 Å². The third-order valence-electron chi connectivity index (χ3n) is 7.00. The number of carbonyl (C=O) groups excluding carboxylic acids is 1. The van der Waals surface area contributed by atoms with Crippen molar-refractivity contribution in [3.63, 3.8) is 0 Å². The minimum atomic E-state index is -4.81. The van der Waals surface area contributed by atoms with Crippen LogP contribution in [-0.4, -0.2) is 74.1 Å². The number of aliphatic hydroxyl groups is 2. The second-order valence-corrected chi connectivity index (χ2v) is 11.1. The number of phenols is 1. The van der Waals surface area contributed by atoms with Crippen molar-refractivity contribution in [2.24, 2.45) is 0 Å². The van der Waals surface area contributed by atoms with Crippen molar-refractivity contribution in [3.8, 4) is 28.3 Å². The molecule has 0 radical (unpaired) electrons. The van der Waals surface area contributed by atoms with E-state index < -0.39 is 53.1 Å². The van der Waals surface area contributed by atoms with E-state index >= 15 is 0 Å². The van der Waals surface area contributed by atoms with E-state index in [9.17, 15) is 28.5 Å². The summed E-state index contributed by atoms with van der Waals surface area (Å²) in [6.07, 6.45) is -4.45. The van der Waals surface area contributed by atoms with E-state index in [0.29, 0.717) is 5.56 Å². The van der Waals surface area contributed by atoms with Crippen LogP contribution in [-0.2, 0) is 19.2 Å². The number of aromatic nitrogens is 4. The molecule has 1 fully saturated rings. The molecule has 1 aliphatic heterocycles. The molecule has 6 rings (SSSR count). The summed E-state index contributed by atoms with van der Waals surface area (Å²) in [6.45, 7) is -0.782. The minimum Gasteiger partial charge on any atom is -0.518 e. The minimum absolute atomic E-state index is 0. The molecule has 3 aromatic carbocycles. The summed E-state index contributed by atoms with van der Waals surface area (Å²) < 4.78 is 39.6. The van der Waals surface area contributed by atoms with Crippen LogP contribution < -0.4 is 35.3 Å². The second kappa shape index (κ2) is 13.2. The number of para-hydroxylation sites is 1. The van der Waals surface area contributed by atoms with E-state index in [1.807, 2.05) is 54.6 Å². The molecule has 2 aromatic heterocycles. The third-order valence-corrected chi connectivity index (χ3v) is 7.82.